The monoisotopic (exact) mass is 362 g/mol. The summed E-state index contributed by atoms with van der Waals surface area (Å²) >= 11 is 5.94. The van der Waals surface area contributed by atoms with Crippen LogP contribution in [0.1, 0.15) is 24.0 Å². The third-order valence-corrected chi connectivity index (χ3v) is 4.09. The Bertz CT molecular complexity index is 737. The van der Waals surface area contributed by atoms with Gasteiger partial charge in [-0.05, 0) is 30.5 Å². The van der Waals surface area contributed by atoms with E-state index in [1.165, 1.54) is 12.1 Å². The lowest BCUT2D eigenvalue weighted by Crippen LogP contribution is -2.31. The van der Waals surface area contributed by atoms with E-state index in [2.05, 4.69) is 5.32 Å². The zero-order valence-corrected chi connectivity index (χ0v) is 14.3. The van der Waals surface area contributed by atoms with E-state index in [1.807, 2.05) is 30.3 Å². The van der Waals surface area contributed by atoms with Crippen LogP contribution in [0.2, 0.25) is 5.02 Å². The first-order valence-corrected chi connectivity index (χ1v) is 8.25. The summed E-state index contributed by atoms with van der Waals surface area (Å²) < 4.78 is 0. The Kier molecular flexibility index (Phi) is 6.91. The molecule has 0 saturated heterocycles. The second-order valence-corrected chi connectivity index (χ2v) is 6.17. The molecule has 132 valence electrons. The summed E-state index contributed by atoms with van der Waals surface area (Å²) in [5, 5.41) is 23.7. The highest BCUT2D eigenvalue weighted by atomic mass is 35.5. The van der Waals surface area contributed by atoms with Gasteiger partial charge in [-0.3, -0.25) is 14.9 Å². The first-order chi connectivity index (χ1) is 12.0. The summed E-state index contributed by atoms with van der Waals surface area (Å²) in [6, 6.07) is 14.0. The second-order valence-electron chi connectivity index (χ2n) is 5.73. The van der Waals surface area contributed by atoms with Crippen molar-refractivity contribution in [3.63, 3.8) is 0 Å². The molecule has 25 heavy (non-hydrogen) atoms. The standard InChI is InChI=1S/C18H19ClN2O4/c19-15-6-8-17(21(24)25)14(11-15)12-20-16(7-9-18(22)23)10-13-4-2-1-3-5-13/h1-6,8,11,16,20H,7,9-10,12H2,(H,22,23). The maximum Gasteiger partial charge on any atom is 0.303 e. The van der Waals surface area contributed by atoms with Gasteiger partial charge in [-0.25, -0.2) is 0 Å². The highest BCUT2D eigenvalue weighted by Gasteiger charge is 2.17. The largest absolute Gasteiger partial charge is 0.481 e. The zero-order chi connectivity index (χ0) is 18.2. The number of hydrogen-bond donors (Lipinski definition) is 2. The van der Waals surface area contributed by atoms with Crippen molar-refractivity contribution >= 4 is 23.3 Å². The topological polar surface area (TPSA) is 92.5 Å². The van der Waals surface area contributed by atoms with E-state index in [1.54, 1.807) is 6.07 Å². The third-order valence-electron chi connectivity index (χ3n) is 3.85. The average molecular weight is 363 g/mol. The highest BCUT2D eigenvalue weighted by Crippen LogP contribution is 2.23. The lowest BCUT2D eigenvalue weighted by Gasteiger charge is -2.18. The predicted molar refractivity (Wildman–Crippen MR) is 95.7 cm³/mol. The number of halogens is 1. The highest BCUT2D eigenvalue weighted by molar-refractivity contribution is 6.30. The van der Waals surface area contributed by atoms with Gasteiger partial charge in [0.25, 0.3) is 5.69 Å². The van der Waals surface area contributed by atoms with Gasteiger partial charge in [0.05, 0.1) is 4.92 Å². The Morgan fingerprint density at radius 3 is 2.60 bits per heavy atom. The number of rotatable bonds is 9. The zero-order valence-electron chi connectivity index (χ0n) is 13.5. The van der Waals surface area contributed by atoms with Gasteiger partial charge in [0.1, 0.15) is 0 Å². The van der Waals surface area contributed by atoms with Gasteiger partial charge in [-0.15, -0.1) is 0 Å². The molecule has 0 heterocycles. The summed E-state index contributed by atoms with van der Waals surface area (Å²) in [5.74, 6) is -0.867. The molecule has 2 aromatic rings. The first kappa shape index (κ1) is 18.9. The van der Waals surface area contributed by atoms with Gasteiger partial charge in [-0.2, -0.15) is 0 Å². The third kappa shape index (κ3) is 6.17. The predicted octanol–water partition coefficient (Wildman–Crippen LogP) is 3.81. The van der Waals surface area contributed by atoms with E-state index >= 15 is 0 Å². The molecule has 7 heteroatoms. The van der Waals surface area contributed by atoms with Crippen LogP contribution in [0.25, 0.3) is 0 Å². The molecule has 0 saturated carbocycles. The van der Waals surface area contributed by atoms with Crippen molar-refractivity contribution < 1.29 is 14.8 Å². The minimum Gasteiger partial charge on any atom is -0.481 e. The molecule has 0 aromatic heterocycles. The lowest BCUT2D eigenvalue weighted by atomic mass is 10.0. The SMILES string of the molecule is O=C(O)CCC(Cc1ccccc1)NCc1cc(Cl)ccc1[N+](=O)[O-]. The summed E-state index contributed by atoms with van der Waals surface area (Å²) in [5.41, 5.74) is 1.55. The summed E-state index contributed by atoms with van der Waals surface area (Å²) in [4.78, 5) is 21.6. The number of hydrogen-bond acceptors (Lipinski definition) is 4. The van der Waals surface area contributed by atoms with Crippen LogP contribution >= 0.6 is 11.6 Å². The summed E-state index contributed by atoms with van der Waals surface area (Å²) in [7, 11) is 0. The average Bonchev–Trinajstić information content (AvgIpc) is 2.58. The van der Waals surface area contributed by atoms with Gasteiger partial charge in [-0.1, -0.05) is 41.9 Å². The summed E-state index contributed by atoms with van der Waals surface area (Å²) in [6.45, 7) is 0.244. The molecule has 2 N–H and O–H groups in total. The number of carboxylic acids is 1. The van der Waals surface area contributed by atoms with Gasteiger partial charge >= 0.3 is 5.97 Å². The van der Waals surface area contributed by atoms with Crippen LogP contribution < -0.4 is 5.32 Å². The molecule has 2 rings (SSSR count). The molecule has 6 nitrogen and oxygen atoms in total. The molecule has 0 aliphatic carbocycles. The second kappa shape index (κ2) is 9.15. The van der Waals surface area contributed by atoms with Gasteiger partial charge in [0.15, 0.2) is 0 Å². The fourth-order valence-corrected chi connectivity index (χ4v) is 2.80. The number of aliphatic carboxylic acids is 1. The maximum atomic E-state index is 11.1. The number of carbonyl (C=O) groups is 1. The van der Waals surface area contributed by atoms with Crippen LogP contribution in [-0.4, -0.2) is 22.0 Å². The molecule has 1 atom stereocenters. The van der Waals surface area contributed by atoms with Crippen LogP contribution in [0.4, 0.5) is 5.69 Å². The molecule has 0 amide bonds. The van der Waals surface area contributed by atoms with Crippen molar-refractivity contribution in [1.82, 2.24) is 5.32 Å². The fourth-order valence-electron chi connectivity index (χ4n) is 2.60. The Morgan fingerprint density at radius 1 is 1.24 bits per heavy atom. The van der Waals surface area contributed by atoms with Gasteiger partial charge < -0.3 is 10.4 Å². The molecular formula is C18H19ClN2O4. The minimum absolute atomic E-state index is 0.00593. The molecule has 1 unspecified atom stereocenters. The van der Waals surface area contributed by atoms with Crippen LogP contribution in [0.5, 0.6) is 0 Å². The van der Waals surface area contributed by atoms with Crippen LogP contribution in [0.3, 0.4) is 0 Å². The Hall–Kier alpha value is -2.44. The molecule has 0 fully saturated rings. The van der Waals surface area contributed by atoms with E-state index in [9.17, 15) is 14.9 Å². The van der Waals surface area contributed by atoms with Gasteiger partial charge in [0, 0.05) is 35.7 Å². The van der Waals surface area contributed by atoms with Crippen LogP contribution in [0.15, 0.2) is 48.5 Å². The molecule has 0 aliphatic heterocycles. The van der Waals surface area contributed by atoms with E-state index in [0.29, 0.717) is 23.4 Å². The number of nitro groups is 1. The van der Waals surface area contributed by atoms with Crippen molar-refractivity contribution in [2.24, 2.45) is 0 Å². The van der Waals surface area contributed by atoms with E-state index in [0.717, 1.165) is 5.56 Å². The normalized spacial score (nSPS) is 11.9. The molecule has 0 bridgehead atoms. The van der Waals surface area contributed by atoms with Crippen molar-refractivity contribution in [3.8, 4) is 0 Å². The number of nitro benzene ring substituents is 1. The first-order valence-electron chi connectivity index (χ1n) is 7.87. The number of benzene rings is 2. The number of carboxylic acid groups (broad SMARTS) is 1. The Labute approximate surface area is 150 Å². The molecule has 0 radical (unpaired) electrons. The quantitative estimate of drug-likeness (QED) is 0.522. The molecular weight excluding hydrogens is 344 g/mol. The Balaban J connectivity index is 2.09. The van der Waals surface area contributed by atoms with E-state index in [-0.39, 0.29) is 24.7 Å². The minimum atomic E-state index is -0.867. The van der Waals surface area contributed by atoms with Crippen LogP contribution in [-0.2, 0) is 17.8 Å². The molecule has 2 aromatic carbocycles. The lowest BCUT2D eigenvalue weighted by molar-refractivity contribution is -0.385. The molecule has 0 spiro atoms. The van der Waals surface area contributed by atoms with Crippen molar-refractivity contribution in [2.75, 3.05) is 0 Å². The maximum absolute atomic E-state index is 11.1. The van der Waals surface area contributed by atoms with E-state index in [4.69, 9.17) is 16.7 Å². The van der Waals surface area contributed by atoms with Crippen molar-refractivity contribution in [2.45, 2.75) is 31.8 Å². The fraction of sp³-hybridized carbons (Fsp3) is 0.278. The summed E-state index contributed by atoms with van der Waals surface area (Å²) in [6.07, 6.45) is 1.10. The van der Waals surface area contributed by atoms with Gasteiger partial charge in [0.2, 0.25) is 0 Å². The molecule has 0 aliphatic rings. The van der Waals surface area contributed by atoms with Crippen molar-refractivity contribution in [3.05, 3.63) is 74.8 Å². The number of nitrogens with zero attached hydrogens (tertiary/aromatic N) is 1. The van der Waals surface area contributed by atoms with E-state index < -0.39 is 10.9 Å². The smallest absolute Gasteiger partial charge is 0.303 e. The number of nitrogens with one attached hydrogen (secondary N) is 1. The van der Waals surface area contributed by atoms with Crippen LogP contribution in [0, 0.1) is 10.1 Å². The van der Waals surface area contributed by atoms with Crippen molar-refractivity contribution in [1.29, 1.82) is 0 Å². The Morgan fingerprint density at radius 2 is 1.96 bits per heavy atom.